The van der Waals surface area contributed by atoms with E-state index in [0.29, 0.717) is 0 Å². The van der Waals surface area contributed by atoms with E-state index >= 15 is 0 Å². The van der Waals surface area contributed by atoms with Crippen molar-refractivity contribution < 1.29 is 35.3 Å². The molecule has 0 aliphatic carbocycles. The zero-order chi connectivity index (χ0) is 15.5. The van der Waals surface area contributed by atoms with Crippen LogP contribution in [0.4, 0.5) is 17.6 Å². The lowest BCUT2D eigenvalue weighted by molar-refractivity contribution is -0.165. The van der Waals surface area contributed by atoms with Gasteiger partial charge in [0.1, 0.15) is 0 Å². The maximum Gasteiger partial charge on any atom is 0.396 e. The molecule has 0 fully saturated rings. The fraction of sp³-hybridized carbons (Fsp3) is 1.00. The first kappa shape index (κ1) is 18.6. The summed E-state index contributed by atoms with van der Waals surface area (Å²) >= 11 is 0. The van der Waals surface area contributed by atoms with Gasteiger partial charge in [-0.15, -0.1) is 0 Å². The first-order valence-corrected chi connectivity index (χ1v) is 6.96. The van der Waals surface area contributed by atoms with E-state index in [2.05, 4.69) is 0 Å². The van der Waals surface area contributed by atoms with Gasteiger partial charge in [0, 0.05) is 13.0 Å². The minimum absolute atomic E-state index is 0.0574. The molecule has 0 rings (SSSR count). The SMILES string of the molecule is CC(C)(C)OCCCCC(F)(F)C(F)(F)S(=O)(=O)[O-]. The lowest BCUT2D eigenvalue weighted by Crippen LogP contribution is -2.46. The van der Waals surface area contributed by atoms with E-state index in [1.54, 1.807) is 20.8 Å². The van der Waals surface area contributed by atoms with Gasteiger partial charge in [0.2, 0.25) is 0 Å². The number of unbranched alkanes of at least 4 members (excludes halogenated alkanes) is 1. The van der Waals surface area contributed by atoms with Gasteiger partial charge in [-0.25, -0.2) is 8.42 Å². The van der Waals surface area contributed by atoms with Gasteiger partial charge in [-0.2, -0.15) is 17.6 Å². The highest BCUT2D eigenvalue weighted by Crippen LogP contribution is 2.41. The minimum Gasteiger partial charge on any atom is -0.743 e. The summed E-state index contributed by atoms with van der Waals surface area (Å²) in [6.07, 6.45) is -1.72. The Labute approximate surface area is 109 Å². The molecule has 0 aromatic carbocycles. The number of ether oxygens (including phenoxy) is 1. The van der Waals surface area contributed by atoms with Crippen LogP contribution in [0.15, 0.2) is 0 Å². The number of rotatable bonds is 7. The van der Waals surface area contributed by atoms with Crippen molar-refractivity contribution in [2.75, 3.05) is 6.61 Å². The van der Waals surface area contributed by atoms with E-state index < -0.39 is 33.3 Å². The molecule has 0 amide bonds. The molecule has 0 bridgehead atoms. The molecule has 0 heterocycles. The van der Waals surface area contributed by atoms with Gasteiger partial charge in [0.15, 0.2) is 10.1 Å². The van der Waals surface area contributed by atoms with E-state index in [1.165, 1.54) is 0 Å². The minimum atomic E-state index is -6.39. The van der Waals surface area contributed by atoms with Crippen LogP contribution in [0.25, 0.3) is 0 Å². The third-order valence-corrected chi connectivity index (χ3v) is 3.09. The molecule has 0 aliphatic rings. The largest absolute Gasteiger partial charge is 0.743 e. The molecular weight excluding hydrogens is 292 g/mol. The van der Waals surface area contributed by atoms with Crippen LogP contribution < -0.4 is 0 Å². The number of halogens is 4. The summed E-state index contributed by atoms with van der Waals surface area (Å²) in [4.78, 5) is 0. The van der Waals surface area contributed by atoms with Gasteiger partial charge in [0.25, 0.3) is 0 Å². The lowest BCUT2D eigenvalue weighted by Gasteiger charge is -2.28. The molecule has 0 radical (unpaired) electrons. The monoisotopic (exact) mass is 309 g/mol. The molecule has 0 saturated heterocycles. The predicted molar refractivity (Wildman–Crippen MR) is 59.1 cm³/mol. The van der Waals surface area contributed by atoms with Crippen molar-refractivity contribution in [3.8, 4) is 0 Å². The maximum atomic E-state index is 13.0. The van der Waals surface area contributed by atoms with Crippen molar-refractivity contribution in [3.05, 3.63) is 0 Å². The summed E-state index contributed by atoms with van der Waals surface area (Å²) in [6, 6.07) is 0. The van der Waals surface area contributed by atoms with Crippen molar-refractivity contribution in [1.82, 2.24) is 0 Å². The van der Waals surface area contributed by atoms with Crippen LogP contribution in [0.2, 0.25) is 0 Å². The van der Waals surface area contributed by atoms with Crippen LogP contribution in [-0.4, -0.2) is 36.4 Å². The summed E-state index contributed by atoms with van der Waals surface area (Å²) in [5.74, 6) is -4.88. The molecular formula is C10H17F4O4S-. The van der Waals surface area contributed by atoms with Crippen LogP contribution in [0.3, 0.4) is 0 Å². The Morgan fingerprint density at radius 1 is 1.05 bits per heavy atom. The summed E-state index contributed by atoms with van der Waals surface area (Å²) in [6.45, 7) is 5.29. The van der Waals surface area contributed by atoms with Crippen molar-refractivity contribution in [2.24, 2.45) is 0 Å². The van der Waals surface area contributed by atoms with Crippen LogP contribution >= 0.6 is 0 Å². The van der Waals surface area contributed by atoms with Gasteiger partial charge in [-0.05, 0) is 33.6 Å². The first-order valence-electron chi connectivity index (χ1n) is 5.56. The van der Waals surface area contributed by atoms with Gasteiger partial charge in [0.05, 0.1) is 5.60 Å². The summed E-state index contributed by atoms with van der Waals surface area (Å²) in [5, 5.41) is -5.59. The van der Waals surface area contributed by atoms with Crippen LogP contribution in [-0.2, 0) is 14.9 Å². The zero-order valence-electron chi connectivity index (χ0n) is 10.9. The highest BCUT2D eigenvalue weighted by Gasteiger charge is 2.60. The van der Waals surface area contributed by atoms with E-state index in [9.17, 15) is 30.5 Å². The highest BCUT2D eigenvalue weighted by molar-refractivity contribution is 7.86. The average molecular weight is 309 g/mol. The van der Waals surface area contributed by atoms with Crippen molar-refractivity contribution in [1.29, 1.82) is 0 Å². The van der Waals surface area contributed by atoms with Crippen LogP contribution in [0.5, 0.6) is 0 Å². The molecule has 0 atom stereocenters. The Hall–Kier alpha value is -0.410. The smallest absolute Gasteiger partial charge is 0.396 e. The fourth-order valence-electron chi connectivity index (χ4n) is 1.16. The van der Waals surface area contributed by atoms with E-state index in [1.807, 2.05) is 0 Å². The second-order valence-corrected chi connectivity index (χ2v) is 6.51. The zero-order valence-corrected chi connectivity index (χ0v) is 11.7. The topological polar surface area (TPSA) is 66.4 Å². The molecule has 0 spiro atoms. The Morgan fingerprint density at radius 2 is 1.53 bits per heavy atom. The Balaban J connectivity index is 4.34. The molecule has 0 aromatic rings. The average Bonchev–Trinajstić information content (AvgIpc) is 2.12. The Morgan fingerprint density at radius 3 is 1.89 bits per heavy atom. The number of hydrogen-bond acceptors (Lipinski definition) is 4. The molecule has 0 N–H and O–H groups in total. The van der Waals surface area contributed by atoms with Crippen molar-refractivity contribution in [2.45, 2.75) is 56.8 Å². The Kier molecular flexibility index (Phi) is 5.80. The fourth-order valence-corrected chi connectivity index (χ4v) is 1.62. The van der Waals surface area contributed by atoms with E-state index in [4.69, 9.17) is 4.74 Å². The van der Waals surface area contributed by atoms with Gasteiger partial charge < -0.3 is 9.29 Å². The van der Waals surface area contributed by atoms with Crippen molar-refractivity contribution >= 4 is 10.1 Å². The standard InChI is InChI=1S/C10H18F4O4S/c1-8(2,3)18-7-5-4-6-9(11,12)10(13,14)19(15,16)17/h4-7H2,1-3H3,(H,15,16,17)/p-1. The Bertz CT molecular complexity index is 387. The molecule has 4 nitrogen and oxygen atoms in total. The molecule has 19 heavy (non-hydrogen) atoms. The van der Waals surface area contributed by atoms with Crippen molar-refractivity contribution in [3.63, 3.8) is 0 Å². The molecule has 0 aliphatic heterocycles. The van der Waals surface area contributed by atoms with Gasteiger partial charge in [-0.1, -0.05) is 0 Å². The normalized spacial score (nSPS) is 14.7. The highest BCUT2D eigenvalue weighted by atomic mass is 32.2. The van der Waals surface area contributed by atoms with Gasteiger partial charge >= 0.3 is 11.2 Å². The predicted octanol–water partition coefficient (Wildman–Crippen LogP) is 2.75. The molecule has 116 valence electrons. The second-order valence-electron chi connectivity index (χ2n) is 5.09. The summed E-state index contributed by atoms with van der Waals surface area (Å²) < 4.78 is 86.9. The summed E-state index contributed by atoms with van der Waals surface area (Å²) in [5.41, 5.74) is -0.481. The van der Waals surface area contributed by atoms with Gasteiger partial charge in [-0.3, -0.25) is 0 Å². The van der Waals surface area contributed by atoms with E-state index in [-0.39, 0.29) is 19.4 Å². The molecule has 9 heteroatoms. The van der Waals surface area contributed by atoms with Crippen LogP contribution in [0.1, 0.15) is 40.0 Å². The molecule has 0 unspecified atom stereocenters. The summed E-state index contributed by atoms with van der Waals surface area (Å²) in [7, 11) is -6.39. The quantitative estimate of drug-likeness (QED) is 0.412. The maximum absolute atomic E-state index is 13.0. The van der Waals surface area contributed by atoms with Crippen LogP contribution in [0, 0.1) is 0 Å². The lowest BCUT2D eigenvalue weighted by atomic mass is 10.1. The first-order chi connectivity index (χ1) is 8.21. The second kappa shape index (κ2) is 5.92. The third kappa shape index (κ3) is 5.62. The molecule has 0 aromatic heterocycles. The number of hydrogen-bond donors (Lipinski definition) is 0. The van der Waals surface area contributed by atoms with E-state index in [0.717, 1.165) is 0 Å². The molecule has 0 saturated carbocycles. The third-order valence-electron chi connectivity index (χ3n) is 2.16. The number of alkyl halides is 4.